The maximum absolute atomic E-state index is 9.10. The van der Waals surface area contributed by atoms with Crippen molar-refractivity contribution in [3.63, 3.8) is 0 Å². The van der Waals surface area contributed by atoms with Gasteiger partial charge >= 0.3 is 0 Å². The van der Waals surface area contributed by atoms with Crippen LogP contribution in [0, 0.1) is 0 Å². The van der Waals surface area contributed by atoms with Crippen molar-refractivity contribution in [3.05, 3.63) is 0 Å². The number of hydrogen-bond donors (Lipinski definition) is 1. The largest absolute Gasteiger partial charge is 1.00 e. The highest BCUT2D eigenvalue weighted by atomic mass is 127. The highest BCUT2D eigenvalue weighted by molar-refractivity contribution is 4.48. The Hall–Kier alpha value is 0.650. The molecule has 0 saturated carbocycles. The van der Waals surface area contributed by atoms with E-state index in [1.807, 2.05) is 0 Å². The molecule has 0 heterocycles. The topological polar surface area (TPSA) is 20.2 Å². The van der Waals surface area contributed by atoms with Gasteiger partial charge in [0, 0.05) is 13.0 Å². The van der Waals surface area contributed by atoms with Crippen LogP contribution in [0.1, 0.15) is 84.5 Å². The Bertz CT molecular complexity index is 186. The molecule has 0 amide bonds. The lowest BCUT2D eigenvalue weighted by Gasteiger charge is -2.35. The van der Waals surface area contributed by atoms with Gasteiger partial charge in [0.15, 0.2) is 0 Å². The fraction of sp³-hybridized carbons (Fsp3) is 1.00. The Morgan fingerprint density at radius 2 is 1.00 bits per heavy atom. The average Bonchev–Trinajstić information content (AvgIpc) is 2.45. The summed E-state index contributed by atoms with van der Waals surface area (Å²) in [5, 5.41) is 9.10. The quantitative estimate of drug-likeness (QED) is 0.247. The number of hydrogen-bond acceptors (Lipinski definition) is 1. The number of rotatable bonds is 15. The predicted molar refractivity (Wildman–Crippen MR) is 90.0 cm³/mol. The third-order valence-corrected chi connectivity index (χ3v) is 4.46. The van der Waals surface area contributed by atoms with E-state index in [0.29, 0.717) is 6.61 Å². The second-order valence-corrected chi connectivity index (χ2v) is 6.70. The van der Waals surface area contributed by atoms with Crippen molar-refractivity contribution < 1.29 is 33.6 Å². The Morgan fingerprint density at radius 3 is 1.38 bits per heavy atom. The first kappa shape index (κ1) is 23.9. The Kier molecular flexibility index (Phi) is 19.4. The fourth-order valence-corrected chi connectivity index (χ4v) is 2.98. The van der Waals surface area contributed by atoms with Gasteiger partial charge in [-0.05, 0) is 25.7 Å². The van der Waals surface area contributed by atoms with Crippen LogP contribution >= 0.6 is 0 Å². The Morgan fingerprint density at radius 1 is 0.619 bits per heavy atom. The molecule has 0 bridgehead atoms. The van der Waals surface area contributed by atoms with E-state index in [-0.39, 0.29) is 24.0 Å². The van der Waals surface area contributed by atoms with Gasteiger partial charge in [-0.15, -0.1) is 0 Å². The van der Waals surface area contributed by atoms with Crippen LogP contribution in [0.4, 0.5) is 0 Å². The van der Waals surface area contributed by atoms with E-state index in [4.69, 9.17) is 5.11 Å². The third kappa shape index (κ3) is 15.3. The van der Waals surface area contributed by atoms with E-state index >= 15 is 0 Å². The molecule has 0 fully saturated rings. The summed E-state index contributed by atoms with van der Waals surface area (Å²) >= 11 is 0. The zero-order chi connectivity index (χ0) is 15.1. The second kappa shape index (κ2) is 17.0. The number of aliphatic hydroxyl groups excluding tert-OH is 1. The van der Waals surface area contributed by atoms with E-state index in [1.165, 1.54) is 81.8 Å². The minimum absolute atomic E-state index is 0. The summed E-state index contributed by atoms with van der Waals surface area (Å²) in [7, 11) is 2.40. The van der Waals surface area contributed by atoms with Gasteiger partial charge < -0.3 is 33.6 Å². The van der Waals surface area contributed by atoms with Crippen LogP contribution in [0.25, 0.3) is 0 Å². The number of quaternary nitrogens is 1. The molecule has 0 aliphatic heterocycles. The van der Waals surface area contributed by atoms with Gasteiger partial charge in [-0.2, -0.15) is 0 Å². The molecule has 3 heteroatoms. The smallest absolute Gasteiger partial charge is 0.0806 e. The van der Waals surface area contributed by atoms with Crippen LogP contribution in [-0.2, 0) is 0 Å². The van der Waals surface area contributed by atoms with Crippen LogP contribution in [-0.4, -0.2) is 42.9 Å². The molecule has 2 nitrogen and oxygen atoms in total. The van der Waals surface area contributed by atoms with E-state index in [1.54, 1.807) is 0 Å². The minimum atomic E-state index is 0. The van der Waals surface area contributed by atoms with Crippen molar-refractivity contribution in [2.45, 2.75) is 84.5 Å². The molecular weight excluding hydrogens is 373 g/mol. The molecule has 21 heavy (non-hydrogen) atoms. The van der Waals surface area contributed by atoms with Gasteiger partial charge in [0.25, 0.3) is 0 Å². The standard InChI is InChI=1S/C18H40NO.HI/c1-4-6-8-10-12-15-19(3,17-14-18-20)16-13-11-9-7-5-2;/h20H,4-18H2,1-3H3;1H/q+1;/p-1. The van der Waals surface area contributed by atoms with Crippen molar-refractivity contribution in [2.24, 2.45) is 0 Å². The maximum atomic E-state index is 9.10. The molecular formula is C18H40INO. The van der Waals surface area contributed by atoms with E-state index in [0.717, 1.165) is 13.0 Å². The summed E-state index contributed by atoms with van der Waals surface area (Å²) in [4.78, 5) is 0. The molecule has 0 unspecified atom stereocenters. The van der Waals surface area contributed by atoms with Gasteiger partial charge in [-0.1, -0.05) is 52.4 Å². The zero-order valence-electron chi connectivity index (χ0n) is 14.9. The lowest BCUT2D eigenvalue weighted by molar-refractivity contribution is -0.910. The molecule has 0 radical (unpaired) electrons. The molecule has 130 valence electrons. The van der Waals surface area contributed by atoms with Crippen LogP contribution in [0.15, 0.2) is 0 Å². The summed E-state index contributed by atoms with van der Waals surface area (Å²) < 4.78 is 1.18. The zero-order valence-corrected chi connectivity index (χ0v) is 17.0. The molecule has 0 atom stereocenters. The van der Waals surface area contributed by atoms with Crippen LogP contribution in [0.3, 0.4) is 0 Å². The molecule has 1 N–H and O–H groups in total. The van der Waals surface area contributed by atoms with Crippen LogP contribution in [0.5, 0.6) is 0 Å². The van der Waals surface area contributed by atoms with Gasteiger partial charge in [0.2, 0.25) is 0 Å². The molecule has 0 aromatic heterocycles. The first-order chi connectivity index (χ1) is 9.68. The number of aliphatic hydroxyl groups is 1. The summed E-state index contributed by atoms with van der Waals surface area (Å²) in [5.74, 6) is 0. The lowest BCUT2D eigenvalue weighted by atomic mass is 10.1. The second-order valence-electron chi connectivity index (χ2n) is 6.70. The predicted octanol–water partition coefficient (Wildman–Crippen LogP) is 1.76. The van der Waals surface area contributed by atoms with Gasteiger partial charge in [0.1, 0.15) is 0 Å². The van der Waals surface area contributed by atoms with Gasteiger partial charge in [0.05, 0.1) is 26.7 Å². The Balaban J connectivity index is 0. The third-order valence-electron chi connectivity index (χ3n) is 4.46. The number of unbranched alkanes of at least 4 members (excludes halogenated alkanes) is 8. The molecule has 0 aliphatic carbocycles. The summed E-state index contributed by atoms with van der Waals surface area (Å²) in [6.07, 6.45) is 14.7. The highest BCUT2D eigenvalue weighted by Crippen LogP contribution is 2.13. The fourth-order valence-electron chi connectivity index (χ4n) is 2.98. The molecule has 0 rings (SSSR count). The molecule has 0 aromatic rings. The van der Waals surface area contributed by atoms with Crippen molar-refractivity contribution in [1.29, 1.82) is 0 Å². The van der Waals surface area contributed by atoms with Crippen molar-refractivity contribution in [1.82, 2.24) is 0 Å². The summed E-state index contributed by atoms with van der Waals surface area (Å²) in [5.41, 5.74) is 0. The van der Waals surface area contributed by atoms with E-state index in [2.05, 4.69) is 20.9 Å². The van der Waals surface area contributed by atoms with Crippen molar-refractivity contribution >= 4 is 0 Å². The van der Waals surface area contributed by atoms with Gasteiger partial charge in [-0.3, -0.25) is 0 Å². The molecule has 0 aliphatic rings. The number of nitrogens with zero attached hydrogens (tertiary/aromatic N) is 1. The molecule has 0 aromatic carbocycles. The van der Waals surface area contributed by atoms with Gasteiger partial charge in [-0.25, -0.2) is 0 Å². The minimum Gasteiger partial charge on any atom is -1.00 e. The normalized spacial score (nSPS) is 11.4. The molecule has 0 spiro atoms. The van der Waals surface area contributed by atoms with Crippen LogP contribution < -0.4 is 24.0 Å². The van der Waals surface area contributed by atoms with Crippen molar-refractivity contribution in [2.75, 3.05) is 33.3 Å². The first-order valence-electron chi connectivity index (χ1n) is 9.13. The van der Waals surface area contributed by atoms with E-state index < -0.39 is 0 Å². The Labute approximate surface area is 151 Å². The SMILES string of the molecule is CCCCCCC[N+](C)(CCCO)CCCCCCC.[I-]. The summed E-state index contributed by atoms with van der Waals surface area (Å²) in [6, 6.07) is 0. The highest BCUT2D eigenvalue weighted by Gasteiger charge is 2.19. The monoisotopic (exact) mass is 413 g/mol. The lowest BCUT2D eigenvalue weighted by Crippen LogP contribution is -3.00. The molecule has 0 saturated heterocycles. The summed E-state index contributed by atoms with van der Waals surface area (Å²) in [6.45, 7) is 8.65. The maximum Gasteiger partial charge on any atom is 0.0806 e. The van der Waals surface area contributed by atoms with Crippen LogP contribution in [0.2, 0.25) is 0 Å². The first-order valence-corrected chi connectivity index (χ1v) is 9.13. The number of halogens is 1. The van der Waals surface area contributed by atoms with Crippen molar-refractivity contribution in [3.8, 4) is 0 Å². The average molecular weight is 413 g/mol. The van der Waals surface area contributed by atoms with E-state index in [9.17, 15) is 0 Å².